The van der Waals surface area contributed by atoms with Crippen LogP contribution in [0.1, 0.15) is 30.5 Å². The Balaban J connectivity index is 1.86. The maximum Gasteiger partial charge on any atom is 0.224 e. The number of aryl methyl sites for hydroxylation is 1. The van der Waals surface area contributed by atoms with Gasteiger partial charge in [0, 0.05) is 42.9 Å². The summed E-state index contributed by atoms with van der Waals surface area (Å²) in [6, 6.07) is 8.54. The quantitative estimate of drug-likeness (QED) is 0.744. The molecule has 0 spiro atoms. The molecule has 2 heterocycles. The van der Waals surface area contributed by atoms with Crippen LogP contribution < -0.4 is 5.32 Å². The highest BCUT2D eigenvalue weighted by molar-refractivity contribution is 5.84. The van der Waals surface area contributed by atoms with Crippen LogP contribution in [0.2, 0.25) is 0 Å². The second-order valence-electron chi connectivity index (χ2n) is 6.67. The van der Waals surface area contributed by atoms with Crippen molar-refractivity contribution in [2.45, 2.75) is 31.6 Å². The lowest BCUT2D eigenvalue weighted by Crippen LogP contribution is -2.35. The average Bonchev–Trinajstić information content (AvgIpc) is 3.00. The number of benzene rings is 1. The van der Waals surface area contributed by atoms with Crippen molar-refractivity contribution in [1.29, 1.82) is 0 Å². The first kappa shape index (κ1) is 15.7. The summed E-state index contributed by atoms with van der Waals surface area (Å²) in [5.41, 5.74) is 3.35. The maximum absolute atomic E-state index is 4.56. The van der Waals surface area contributed by atoms with E-state index >= 15 is 0 Å². The summed E-state index contributed by atoms with van der Waals surface area (Å²) in [6.07, 6.45) is 7.55. The van der Waals surface area contributed by atoms with Crippen LogP contribution >= 0.6 is 0 Å². The Hall–Kier alpha value is -2.76. The van der Waals surface area contributed by atoms with E-state index < -0.39 is 0 Å². The van der Waals surface area contributed by atoms with Gasteiger partial charge in [-0.05, 0) is 31.4 Å². The standard InChI is InChI=1S/C19H22N6/c1-13-9-17(24-18(21-3)23-13)25-16-10-15(6-5-14(16)11-22-25)19(12-20-2)7-4-8-19/h5-6,9-12H,4,7-8H2,1-3H3,(H,21,23,24). The Bertz CT molecular complexity index is 952. The van der Waals surface area contributed by atoms with Crippen LogP contribution in [0.25, 0.3) is 16.7 Å². The zero-order chi connectivity index (χ0) is 17.4. The lowest BCUT2D eigenvalue weighted by Gasteiger charge is -2.39. The highest BCUT2D eigenvalue weighted by Gasteiger charge is 2.37. The Morgan fingerprint density at radius 2 is 2.08 bits per heavy atom. The first-order chi connectivity index (χ1) is 12.1. The second-order valence-corrected chi connectivity index (χ2v) is 6.67. The normalized spacial score (nSPS) is 16.3. The molecule has 4 rings (SSSR count). The first-order valence-electron chi connectivity index (χ1n) is 8.61. The molecule has 1 aliphatic carbocycles. The number of anilines is 1. The summed E-state index contributed by atoms with van der Waals surface area (Å²) in [4.78, 5) is 13.2. The highest BCUT2D eigenvalue weighted by atomic mass is 15.3. The third kappa shape index (κ3) is 2.58. The van der Waals surface area contributed by atoms with E-state index in [4.69, 9.17) is 0 Å². The number of nitrogens with one attached hydrogen (secondary N) is 1. The number of fused-ring (bicyclic) bond motifs is 1. The van der Waals surface area contributed by atoms with E-state index in [0.29, 0.717) is 5.95 Å². The molecule has 1 fully saturated rings. The van der Waals surface area contributed by atoms with Gasteiger partial charge in [0.1, 0.15) is 0 Å². The van der Waals surface area contributed by atoms with Gasteiger partial charge in [0.05, 0.1) is 11.7 Å². The summed E-state index contributed by atoms with van der Waals surface area (Å²) < 4.78 is 1.89. The number of aliphatic imine (C=N–C) groups is 1. The fourth-order valence-corrected chi connectivity index (χ4v) is 3.58. The molecule has 1 saturated carbocycles. The summed E-state index contributed by atoms with van der Waals surface area (Å²) in [6.45, 7) is 1.96. The van der Waals surface area contributed by atoms with Crippen molar-refractivity contribution in [2.75, 3.05) is 19.4 Å². The third-order valence-corrected chi connectivity index (χ3v) is 5.05. The van der Waals surface area contributed by atoms with Gasteiger partial charge in [-0.25, -0.2) is 9.67 Å². The molecule has 0 unspecified atom stereocenters. The minimum absolute atomic E-state index is 0.0791. The molecule has 6 heteroatoms. The molecule has 2 aromatic heterocycles. The number of hydrogen-bond acceptors (Lipinski definition) is 5. The molecule has 1 N–H and O–H groups in total. The monoisotopic (exact) mass is 334 g/mol. The molecule has 0 saturated heterocycles. The van der Waals surface area contributed by atoms with Gasteiger partial charge < -0.3 is 5.32 Å². The molecule has 1 aliphatic rings. The predicted molar refractivity (Wildman–Crippen MR) is 101 cm³/mol. The summed E-state index contributed by atoms with van der Waals surface area (Å²) >= 11 is 0. The van der Waals surface area contributed by atoms with Gasteiger partial charge in [0.25, 0.3) is 0 Å². The minimum Gasteiger partial charge on any atom is -0.357 e. The molecule has 0 atom stereocenters. The summed E-state index contributed by atoms with van der Waals surface area (Å²) in [5, 5.41) is 8.67. The summed E-state index contributed by atoms with van der Waals surface area (Å²) in [5.74, 6) is 1.37. The highest BCUT2D eigenvalue weighted by Crippen LogP contribution is 2.43. The SMILES string of the molecule is CN=CC1(c2ccc3cnn(-c4cc(C)nc(NC)n4)c3c2)CCC1. The van der Waals surface area contributed by atoms with Gasteiger partial charge in [0.2, 0.25) is 5.95 Å². The van der Waals surface area contributed by atoms with E-state index in [-0.39, 0.29) is 5.41 Å². The zero-order valence-electron chi connectivity index (χ0n) is 14.8. The maximum atomic E-state index is 4.56. The Morgan fingerprint density at radius 1 is 1.24 bits per heavy atom. The molecule has 1 aromatic carbocycles. The van der Waals surface area contributed by atoms with Crippen LogP contribution in [0.5, 0.6) is 0 Å². The van der Waals surface area contributed by atoms with Gasteiger partial charge in [-0.15, -0.1) is 0 Å². The fraction of sp³-hybridized carbons (Fsp3) is 0.368. The molecule has 0 aliphatic heterocycles. The zero-order valence-corrected chi connectivity index (χ0v) is 14.8. The van der Waals surface area contributed by atoms with E-state index in [1.807, 2.05) is 38.0 Å². The van der Waals surface area contributed by atoms with E-state index in [9.17, 15) is 0 Å². The van der Waals surface area contributed by atoms with E-state index in [1.54, 1.807) is 0 Å². The largest absolute Gasteiger partial charge is 0.357 e. The van der Waals surface area contributed by atoms with Gasteiger partial charge in [0.15, 0.2) is 5.82 Å². The van der Waals surface area contributed by atoms with Gasteiger partial charge >= 0.3 is 0 Å². The lowest BCUT2D eigenvalue weighted by atomic mass is 9.65. The fourth-order valence-electron chi connectivity index (χ4n) is 3.58. The molecule has 128 valence electrons. The predicted octanol–water partition coefficient (Wildman–Crippen LogP) is 3.29. The van der Waals surface area contributed by atoms with Gasteiger partial charge in [-0.3, -0.25) is 4.99 Å². The van der Waals surface area contributed by atoms with Crippen LogP contribution in [0.4, 0.5) is 5.95 Å². The van der Waals surface area contributed by atoms with Crippen molar-refractivity contribution in [3.05, 3.63) is 41.7 Å². The third-order valence-electron chi connectivity index (χ3n) is 5.05. The Morgan fingerprint density at radius 3 is 2.76 bits per heavy atom. The van der Waals surface area contributed by atoms with Crippen molar-refractivity contribution in [3.8, 4) is 5.82 Å². The Kier molecular flexibility index (Phi) is 3.75. The van der Waals surface area contributed by atoms with Crippen LogP contribution in [0, 0.1) is 6.92 Å². The Labute approximate surface area is 147 Å². The van der Waals surface area contributed by atoms with Crippen LogP contribution in [0.3, 0.4) is 0 Å². The van der Waals surface area contributed by atoms with Crippen molar-refractivity contribution in [3.63, 3.8) is 0 Å². The number of rotatable bonds is 4. The molecule has 6 nitrogen and oxygen atoms in total. The lowest BCUT2D eigenvalue weighted by molar-refractivity contribution is 0.348. The number of nitrogens with zero attached hydrogens (tertiary/aromatic N) is 5. The number of hydrogen-bond donors (Lipinski definition) is 1. The molecule has 0 radical (unpaired) electrons. The molecule has 25 heavy (non-hydrogen) atoms. The first-order valence-corrected chi connectivity index (χ1v) is 8.61. The molecule has 0 bridgehead atoms. The molecular weight excluding hydrogens is 312 g/mol. The molecular formula is C19H22N6. The van der Waals surface area contributed by atoms with E-state index in [0.717, 1.165) is 35.3 Å². The average molecular weight is 334 g/mol. The van der Waals surface area contributed by atoms with Crippen LogP contribution in [-0.2, 0) is 5.41 Å². The van der Waals surface area contributed by atoms with Gasteiger partial charge in [-0.1, -0.05) is 18.6 Å². The second kappa shape index (κ2) is 5.95. The van der Waals surface area contributed by atoms with Crippen molar-refractivity contribution in [2.24, 2.45) is 4.99 Å². The van der Waals surface area contributed by atoms with Crippen molar-refractivity contribution in [1.82, 2.24) is 19.7 Å². The van der Waals surface area contributed by atoms with Crippen molar-refractivity contribution < 1.29 is 0 Å². The van der Waals surface area contributed by atoms with Gasteiger partial charge in [-0.2, -0.15) is 10.1 Å². The van der Waals surface area contributed by atoms with Crippen LogP contribution in [0.15, 0.2) is 35.5 Å². The molecule has 3 aromatic rings. The summed E-state index contributed by atoms with van der Waals surface area (Å²) in [7, 11) is 3.67. The number of aromatic nitrogens is 4. The molecule has 0 amide bonds. The smallest absolute Gasteiger partial charge is 0.224 e. The topological polar surface area (TPSA) is 68.0 Å². The van der Waals surface area contributed by atoms with E-state index in [2.05, 4.69) is 49.8 Å². The minimum atomic E-state index is 0.0791. The van der Waals surface area contributed by atoms with E-state index in [1.165, 1.54) is 12.0 Å². The van der Waals surface area contributed by atoms with Crippen LogP contribution in [-0.4, -0.2) is 40.1 Å². The van der Waals surface area contributed by atoms with Crippen molar-refractivity contribution >= 4 is 23.1 Å².